The number of nitrogens with zero attached hydrogens (tertiary/aromatic N) is 3. The van der Waals surface area contributed by atoms with Gasteiger partial charge in [-0.15, -0.1) is 0 Å². The minimum absolute atomic E-state index is 0.378. The zero-order valence-corrected chi connectivity index (χ0v) is 17.2. The van der Waals surface area contributed by atoms with E-state index in [9.17, 15) is 26.7 Å². The molecule has 8 nitrogen and oxygen atoms in total. The van der Waals surface area contributed by atoms with Gasteiger partial charge < -0.3 is 15.2 Å². The van der Waals surface area contributed by atoms with Crippen LogP contribution in [0.25, 0.3) is 0 Å². The van der Waals surface area contributed by atoms with Gasteiger partial charge >= 0.3 is 12.0 Å². The molecule has 3 N–H and O–H groups in total. The number of nitrogens with two attached hydrogens (primary N) is 1. The first-order chi connectivity index (χ1) is 14.7. The largest absolute Gasteiger partial charge is 0.459 e. The third-order valence-corrected chi connectivity index (χ3v) is 4.76. The van der Waals surface area contributed by atoms with Gasteiger partial charge in [-0.05, 0) is 25.1 Å². The number of anilines is 1. The molecule has 0 saturated heterocycles. The van der Waals surface area contributed by atoms with Gasteiger partial charge in [0, 0.05) is 18.7 Å². The van der Waals surface area contributed by atoms with E-state index < -0.39 is 59.1 Å². The second-order valence-corrected chi connectivity index (χ2v) is 7.36. The minimum atomic E-state index is -3.68. The van der Waals surface area contributed by atoms with Crippen molar-refractivity contribution in [2.45, 2.75) is 31.2 Å². The fourth-order valence-electron chi connectivity index (χ4n) is 2.68. The lowest BCUT2D eigenvalue weighted by Crippen LogP contribution is -2.51. The number of alkyl halides is 4. The lowest BCUT2D eigenvalue weighted by atomic mass is 9.89. The van der Waals surface area contributed by atoms with Crippen molar-refractivity contribution in [1.29, 1.82) is 0 Å². The number of carbonyl (C=O) groups excluding carboxylic acids is 1. The molecular formula is C18H15ClF5N5O3. The summed E-state index contributed by atoms with van der Waals surface area (Å²) in [5, 5.41) is 1.70. The maximum Gasteiger partial charge on any atom is 0.419 e. The molecule has 32 heavy (non-hydrogen) atoms. The Balaban J connectivity index is 1.84. The summed E-state index contributed by atoms with van der Waals surface area (Å²) in [6.07, 6.45) is -0.480. The normalized spacial score (nSPS) is 20.2. The van der Waals surface area contributed by atoms with E-state index in [0.29, 0.717) is 6.92 Å². The van der Waals surface area contributed by atoms with E-state index in [4.69, 9.17) is 22.1 Å². The Morgan fingerprint density at radius 2 is 2.06 bits per heavy atom. The zero-order valence-electron chi connectivity index (χ0n) is 16.4. The number of hydrogen-bond donors (Lipinski definition) is 2. The highest BCUT2D eigenvalue weighted by molar-refractivity contribution is 6.32. The molecule has 1 amide bonds. The van der Waals surface area contributed by atoms with Crippen LogP contribution in [-0.2, 0) is 16.2 Å². The molecule has 2 aromatic heterocycles. The smallest absolute Gasteiger partial charge is 0.419 e. The van der Waals surface area contributed by atoms with E-state index in [1.165, 1.54) is 0 Å². The molecule has 0 radical (unpaired) electrons. The van der Waals surface area contributed by atoms with Crippen LogP contribution < -0.4 is 15.8 Å². The van der Waals surface area contributed by atoms with E-state index in [0.717, 1.165) is 31.3 Å². The average molecular weight is 480 g/mol. The third kappa shape index (κ3) is 4.52. The summed E-state index contributed by atoms with van der Waals surface area (Å²) < 4.78 is 79.2. The number of nitrogens with one attached hydrogen (secondary N) is 1. The number of amides is 1. The molecule has 1 atom stereocenters. The molecule has 0 saturated carbocycles. The van der Waals surface area contributed by atoms with Crippen LogP contribution in [0.2, 0.25) is 5.02 Å². The number of aliphatic imine (C=N–C) groups is 1. The molecule has 3 heterocycles. The summed E-state index contributed by atoms with van der Waals surface area (Å²) in [5.74, 6) is -8.91. The SMILES string of the molecule is CC(F)(F)c1cnc(OC(=O)Nc2ccc(F)c([C@@]3(C)N=C(N)OCC3(F)F)n2)c(Cl)c1. The Labute approximate surface area is 182 Å². The van der Waals surface area contributed by atoms with Gasteiger partial charge in [0.15, 0.2) is 12.1 Å². The number of pyridine rings is 2. The van der Waals surface area contributed by atoms with E-state index in [-0.39, 0.29) is 10.8 Å². The van der Waals surface area contributed by atoms with Gasteiger partial charge in [0.1, 0.15) is 22.4 Å². The number of ether oxygens (including phenoxy) is 2. The van der Waals surface area contributed by atoms with Crippen LogP contribution in [0, 0.1) is 5.82 Å². The van der Waals surface area contributed by atoms with Crippen molar-refractivity contribution in [2.24, 2.45) is 10.7 Å². The number of rotatable bonds is 4. The molecule has 1 aliphatic heterocycles. The molecule has 14 heteroatoms. The summed E-state index contributed by atoms with van der Waals surface area (Å²) in [7, 11) is 0. The van der Waals surface area contributed by atoms with Gasteiger partial charge in [-0.3, -0.25) is 5.32 Å². The molecule has 0 bridgehead atoms. The number of aromatic nitrogens is 2. The standard InChI is InChI=1S/C18H15ClF5N5O3/c1-16(18(23,24)7-31-14(25)29-16)12-10(20)3-4-11(27-12)28-15(30)32-13-9(19)5-8(6-26-13)17(2,21)22/h3-6H,7H2,1-2H3,(H2,25,29)(H,27,28,30)/t16-/m1/s1. The van der Waals surface area contributed by atoms with E-state index in [2.05, 4.69) is 25.0 Å². The Kier molecular flexibility index (Phi) is 5.89. The van der Waals surface area contributed by atoms with Gasteiger partial charge in [-0.25, -0.2) is 32.9 Å². The number of carbonyl (C=O) groups is 1. The predicted octanol–water partition coefficient (Wildman–Crippen LogP) is 4.19. The maximum atomic E-state index is 14.5. The number of halogens is 6. The van der Waals surface area contributed by atoms with Crippen LogP contribution in [0.1, 0.15) is 25.1 Å². The van der Waals surface area contributed by atoms with Gasteiger partial charge in [0.25, 0.3) is 11.9 Å². The van der Waals surface area contributed by atoms with Crippen LogP contribution in [0.5, 0.6) is 5.88 Å². The summed E-state index contributed by atoms with van der Waals surface area (Å²) in [6.45, 7) is 0.382. The highest BCUT2D eigenvalue weighted by Gasteiger charge is 2.57. The second-order valence-electron chi connectivity index (χ2n) is 6.96. The van der Waals surface area contributed by atoms with Crippen molar-refractivity contribution in [1.82, 2.24) is 9.97 Å². The second kappa shape index (κ2) is 8.04. The van der Waals surface area contributed by atoms with Crippen molar-refractivity contribution in [3.8, 4) is 5.88 Å². The average Bonchev–Trinajstić information content (AvgIpc) is 2.67. The van der Waals surface area contributed by atoms with Crippen LogP contribution in [0.15, 0.2) is 29.4 Å². The van der Waals surface area contributed by atoms with E-state index in [1.807, 2.05) is 0 Å². The lowest BCUT2D eigenvalue weighted by Gasteiger charge is -2.36. The van der Waals surface area contributed by atoms with Crippen LogP contribution in [-0.4, -0.2) is 34.6 Å². The van der Waals surface area contributed by atoms with E-state index >= 15 is 0 Å². The minimum Gasteiger partial charge on any atom is -0.459 e. The van der Waals surface area contributed by atoms with Crippen LogP contribution in [0.3, 0.4) is 0 Å². The van der Waals surface area contributed by atoms with Gasteiger partial charge in [0.05, 0.1) is 0 Å². The Morgan fingerprint density at radius 3 is 2.69 bits per heavy atom. The summed E-state index contributed by atoms with van der Waals surface area (Å²) in [4.78, 5) is 22.9. The van der Waals surface area contributed by atoms with Crippen molar-refractivity contribution in [3.05, 3.63) is 46.5 Å². The highest BCUT2D eigenvalue weighted by atomic mass is 35.5. The molecule has 0 aromatic carbocycles. The van der Waals surface area contributed by atoms with Crippen LogP contribution in [0.4, 0.5) is 32.6 Å². The monoisotopic (exact) mass is 479 g/mol. The quantitative estimate of drug-likeness (QED) is 0.636. The van der Waals surface area contributed by atoms with Crippen LogP contribution >= 0.6 is 11.6 Å². The summed E-state index contributed by atoms with van der Waals surface area (Å²) >= 11 is 5.81. The van der Waals surface area contributed by atoms with Crippen molar-refractivity contribution < 1.29 is 36.2 Å². The van der Waals surface area contributed by atoms with Crippen molar-refractivity contribution in [3.63, 3.8) is 0 Å². The molecule has 172 valence electrons. The molecule has 0 spiro atoms. The maximum absolute atomic E-state index is 14.5. The van der Waals surface area contributed by atoms with Crippen molar-refractivity contribution in [2.75, 3.05) is 11.9 Å². The Morgan fingerprint density at radius 1 is 1.38 bits per heavy atom. The molecule has 3 rings (SSSR count). The fraction of sp³-hybridized carbons (Fsp3) is 0.333. The predicted molar refractivity (Wildman–Crippen MR) is 103 cm³/mol. The number of amidine groups is 1. The Bertz CT molecular complexity index is 1100. The molecular weight excluding hydrogens is 465 g/mol. The first-order valence-corrected chi connectivity index (χ1v) is 9.16. The van der Waals surface area contributed by atoms with Crippen molar-refractivity contribution >= 4 is 29.5 Å². The lowest BCUT2D eigenvalue weighted by molar-refractivity contribution is -0.118. The van der Waals surface area contributed by atoms with Gasteiger partial charge in [-0.2, -0.15) is 8.78 Å². The first kappa shape index (κ1) is 23.4. The summed E-state index contributed by atoms with van der Waals surface area (Å²) in [5.41, 5.74) is 1.53. The Hall–Kier alpha value is -3.22. The molecule has 1 aliphatic rings. The molecule has 0 fully saturated rings. The molecule has 2 aromatic rings. The van der Waals surface area contributed by atoms with Gasteiger partial charge in [0.2, 0.25) is 5.88 Å². The molecule has 0 unspecified atom stereocenters. The fourth-order valence-corrected chi connectivity index (χ4v) is 2.88. The first-order valence-electron chi connectivity index (χ1n) is 8.78. The van der Waals surface area contributed by atoms with Gasteiger partial charge in [-0.1, -0.05) is 11.6 Å². The third-order valence-electron chi connectivity index (χ3n) is 4.49. The molecule has 0 aliphatic carbocycles. The highest BCUT2D eigenvalue weighted by Crippen LogP contribution is 2.43. The van der Waals surface area contributed by atoms with E-state index in [1.54, 1.807) is 0 Å². The topological polar surface area (TPSA) is 112 Å². The summed E-state index contributed by atoms with van der Waals surface area (Å²) in [6, 6.07) is 2.04. The zero-order chi connectivity index (χ0) is 23.9. The number of hydrogen-bond acceptors (Lipinski definition) is 7.